The van der Waals surface area contributed by atoms with Crippen LogP contribution in [0.3, 0.4) is 0 Å². The van der Waals surface area contributed by atoms with Crippen LogP contribution in [0.2, 0.25) is 0 Å². The molecule has 0 aromatic heterocycles. The van der Waals surface area contributed by atoms with Gasteiger partial charge in [-0.25, -0.2) is 4.39 Å². The maximum atomic E-state index is 13.9. The average molecular weight is 262 g/mol. The zero-order valence-electron chi connectivity index (χ0n) is 10.4. The lowest BCUT2D eigenvalue weighted by atomic mass is 10.1. The van der Waals surface area contributed by atoms with E-state index in [4.69, 9.17) is 0 Å². The first-order chi connectivity index (χ1) is 8.56. The van der Waals surface area contributed by atoms with Crippen molar-refractivity contribution in [2.45, 2.75) is 29.7 Å². The second kappa shape index (κ2) is 5.55. The number of aryl methyl sites for hydroxylation is 1. The zero-order chi connectivity index (χ0) is 13.1. The number of aliphatic hydroxyl groups is 1. The number of aliphatic hydroxyl groups excluding tert-OH is 1. The number of benzene rings is 2. The van der Waals surface area contributed by atoms with Gasteiger partial charge in [0.25, 0.3) is 0 Å². The zero-order valence-corrected chi connectivity index (χ0v) is 11.2. The van der Waals surface area contributed by atoms with E-state index >= 15 is 0 Å². The van der Waals surface area contributed by atoms with E-state index in [-0.39, 0.29) is 5.82 Å². The molecule has 0 aliphatic heterocycles. The van der Waals surface area contributed by atoms with Gasteiger partial charge in [-0.2, -0.15) is 0 Å². The van der Waals surface area contributed by atoms with Crippen LogP contribution in [0.1, 0.15) is 24.2 Å². The Balaban J connectivity index is 2.24. The molecule has 0 saturated heterocycles. The smallest absolute Gasteiger partial charge is 0.137 e. The summed E-state index contributed by atoms with van der Waals surface area (Å²) in [5, 5.41) is 9.39. The molecule has 0 radical (unpaired) electrons. The van der Waals surface area contributed by atoms with Crippen molar-refractivity contribution < 1.29 is 9.50 Å². The number of hydrogen-bond donors (Lipinski definition) is 1. The van der Waals surface area contributed by atoms with Crippen molar-refractivity contribution in [2.75, 3.05) is 0 Å². The summed E-state index contributed by atoms with van der Waals surface area (Å²) in [4.78, 5) is 1.59. The van der Waals surface area contributed by atoms with Gasteiger partial charge in [-0.05, 0) is 43.7 Å². The van der Waals surface area contributed by atoms with Crippen LogP contribution in [-0.2, 0) is 0 Å². The molecule has 1 nitrogen and oxygen atoms in total. The molecule has 2 rings (SSSR count). The SMILES string of the molecule is Cc1cccc(Sc2ccc([C@H](C)O)cc2F)c1. The van der Waals surface area contributed by atoms with Crippen molar-refractivity contribution in [3.63, 3.8) is 0 Å². The third-order valence-electron chi connectivity index (χ3n) is 2.66. The van der Waals surface area contributed by atoms with Crippen molar-refractivity contribution in [3.05, 3.63) is 59.4 Å². The minimum atomic E-state index is -0.641. The lowest BCUT2D eigenvalue weighted by molar-refractivity contribution is 0.198. The fourth-order valence-corrected chi connectivity index (χ4v) is 2.60. The summed E-state index contributed by atoms with van der Waals surface area (Å²) in [5.41, 5.74) is 1.75. The Bertz CT molecular complexity index is 552. The first kappa shape index (κ1) is 13.1. The minimum absolute atomic E-state index is 0.292. The fraction of sp³-hybridized carbons (Fsp3) is 0.200. The van der Waals surface area contributed by atoms with Gasteiger partial charge in [-0.3, -0.25) is 0 Å². The summed E-state index contributed by atoms with van der Waals surface area (Å²) in [6.07, 6.45) is -0.641. The highest BCUT2D eigenvalue weighted by Gasteiger charge is 2.08. The summed E-state index contributed by atoms with van der Waals surface area (Å²) in [5.74, 6) is -0.292. The second-order valence-corrected chi connectivity index (χ2v) is 5.40. The van der Waals surface area contributed by atoms with E-state index < -0.39 is 6.10 Å². The van der Waals surface area contributed by atoms with E-state index in [2.05, 4.69) is 0 Å². The molecule has 1 atom stereocenters. The first-order valence-electron chi connectivity index (χ1n) is 5.78. The van der Waals surface area contributed by atoms with E-state index in [0.29, 0.717) is 10.5 Å². The van der Waals surface area contributed by atoms with E-state index in [0.717, 1.165) is 10.5 Å². The van der Waals surface area contributed by atoms with Crippen LogP contribution in [0.25, 0.3) is 0 Å². The molecular weight excluding hydrogens is 247 g/mol. The van der Waals surface area contributed by atoms with Crippen LogP contribution < -0.4 is 0 Å². The van der Waals surface area contributed by atoms with E-state index in [1.54, 1.807) is 19.1 Å². The summed E-state index contributed by atoms with van der Waals surface area (Å²) < 4.78 is 13.9. The minimum Gasteiger partial charge on any atom is -0.389 e. The Labute approximate surface area is 111 Å². The Morgan fingerprint density at radius 2 is 1.94 bits per heavy atom. The van der Waals surface area contributed by atoms with Crippen LogP contribution in [0.4, 0.5) is 4.39 Å². The van der Waals surface area contributed by atoms with Crippen molar-refractivity contribution in [2.24, 2.45) is 0 Å². The molecule has 0 fully saturated rings. The Hall–Kier alpha value is -1.32. The van der Waals surface area contributed by atoms with Gasteiger partial charge < -0.3 is 5.11 Å². The van der Waals surface area contributed by atoms with Gasteiger partial charge in [0.05, 0.1) is 6.10 Å². The van der Waals surface area contributed by atoms with Gasteiger partial charge >= 0.3 is 0 Å². The van der Waals surface area contributed by atoms with Crippen LogP contribution in [0.15, 0.2) is 52.3 Å². The molecule has 2 aromatic rings. The maximum Gasteiger partial charge on any atom is 0.137 e. The van der Waals surface area contributed by atoms with Gasteiger partial charge in [0.15, 0.2) is 0 Å². The van der Waals surface area contributed by atoms with Gasteiger partial charge in [-0.1, -0.05) is 35.5 Å². The number of rotatable bonds is 3. The molecule has 0 saturated carbocycles. The highest BCUT2D eigenvalue weighted by atomic mass is 32.2. The molecule has 0 aliphatic carbocycles. The van der Waals surface area contributed by atoms with Crippen LogP contribution in [-0.4, -0.2) is 5.11 Å². The monoisotopic (exact) mass is 262 g/mol. The molecule has 0 heterocycles. The van der Waals surface area contributed by atoms with E-state index in [1.807, 2.05) is 31.2 Å². The van der Waals surface area contributed by atoms with Crippen molar-refractivity contribution in [3.8, 4) is 0 Å². The summed E-state index contributed by atoms with van der Waals surface area (Å²) in [7, 11) is 0. The Morgan fingerprint density at radius 1 is 1.17 bits per heavy atom. The quantitative estimate of drug-likeness (QED) is 0.888. The van der Waals surface area contributed by atoms with Gasteiger partial charge in [0, 0.05) is 9.79 Å². The number of halogens is 1. The molecule has 18 heavy (non-hydrogen) atoms. The third-order valence-corrected chi connectivity index (χ3v) is 3.70. The predicted octanol–water partition coefficient (Wildman–Crippen LogP) is 4.34. The summed E-state index contributed by atoms with van der Waals surface area (Å²) in [6.45, 7) is 3.64. The van der Waals surface area contributed by atoms with E-state index in [9.17, 15) is 9.50 Å². The molecular formula is C15H15FOS. The number of hydrogen-bond acceptors (Lipinski definition) is 2. The molecule has 0 bridgehead atoms. The molecule has 1 N–H and O–H groups in total. The molecule has 0 aliphatic rings. The van der Waals surface area contributed by atoms with Crippen molar-refractivity contribution in [1.29, 1.82) is 0 Å². The van der Waals surface area contributed by atoms with Crippen LogP contribution in [0, 0.1) is 12.7 Å². The molecule has 0 unspecified atom stereocenters. The van der Waals surface area contributed by atoms with Gasteiger partial charge in [0.1, 0.15) is 5.82 Å². The molecule has 2 aromatic carbocycles. The lowest BCUT2D eigenvalue weighted by Gasteiger charge is -2.08. The van der Waals surface area contributed by atoms with Crippen molar-refractivity contribution in [1.82, 2.24) is 0 Å². The van der Waals surface area contributed by atoms with Gasteiger partial charge in [-0.15, -0.1) is 0 Å². The second-order valence-electron chi connectivity index (χ2n) is 4.28. The third kappa shape index (κ3) is 3.12. The predicted molar refractivity (Wildman–Crippen MR) is 72.3 cm³/mol. The highest BCUT2D eigenvalue weighted by molar-refractivity contribution is 7.99. The topological polar surface area (TPSA) is 20.2 Å². The fourth-order valence-electron chi connectivity index (χ4n) is 1.67. The maximum absolute atomic E-state index is 13.9. The van der Waals surface area contributed by atoms with Crippen LogP contribution in [0.5, 0.6) is 0 Å². The molecule has 0 amide bonds. The summed E-state index contributed by atoms with van der Waals surface area (Å²) in [6, 6.07) is 12.8. The molecule has 3 heteroatoms. The standard InChI is InChI=1S/C15H15FOS/c1-10-4-3-5-13(8-10)18-15-7-6-12(11(2)17)9-14(15)16/h3-9,11,17H,1-2H3/t11-/m0/s1. The summed E-state index contributed by atoms with van der Waals surface area (Å²) >= 11 is 1.39. The molecule has 0 spiro atoms. The normalized spacial score (nSPS) is 12.4. The molecule has 94 valence electrons. The lowest BCUT2D eigenvalue weighted by Crippen LogP contribution is -1.92. The van der Waals surface area contributed by atoms with Crippen LogP contribution >= 0.6 is 11.8 Å². The van der Waals surface area contributed by atoms with E-state index in [1.165, 1.54) is 17.8 Å². The largest absolute Gasteiger partial charge is 0.389 e. The first-order valence-corrected chi connectivity index (χ1v) is 6.60. The van der Waals surface area contributed by atoms with Gasteiger partial charge in [0.2, 0.25) is 0 Å². The highest BCUT2D eigenvalue weighted by Crippen LogP contribution is 2.31. The Morgan fingerprint density at radius 3 is 2.56 bits per heavy atom. The Kier molecular flexibility index (Phi) is 4.04. The van der Waals surface area contributed by atoms with Crippen molar-refractivity contribution >= 4 is 11.8 Å². The average Bonchev–Trinajstić information content (AvgIpc) is 2.31.